The number of amides is 2. The van der Waals surface area contributed by atoms with Gasteiger partial charge in [0, 0.05) is 37.8 Å². The highest BCUT2D eigenvalue weighted by molar-refractivity contribution is 5.79. The van der Waals surface area contributed by atoms with Gasteiger partial charge in [0.05, 0.1) is 18.2 Å². The van der Waals surface area contributed by atoms with E-state index in [0.29, 0.717) is 32.1 Å². The molecule has 2 amide bonds. The zero-order chi connectivity index (χ0) is 24.8. The minimum atomic E-state index is -0.260. The zero-order valence-corrected chi connectivity index (χ0v) is 21.2. The molecule has 0 unspecified atom stereocenters. The first-order chi connectivity index (χ1) is 17.0. The molecule has 8 heteroatoms. The van der Waals surface area contributed by atoms with Gasteiger partial charge in [0.2, 0.25) is 11.8 Å². The molecule has 2 fully saturated rings. The van der Waals surface area contributed by atoms with Crippen LogP contribution in [0.3, 0.4) is 0 Å². The Hall–Kier alpha value is -2.87. The van der Waals surface area contributed by atoms with E-state index in [0.717, 1.165) is 62.2 Å². The molecule has 0 saturated carbocycles. The Bertz CT molecular complexity index is 995. The number of carbonyl (C=O) groups excluding carboxylic acids is 2. The van der Waals surface area contributed by atoms with Gasteiger partial charge in [-0.15, -0.1) is 0 Å². The standard InChI is InChI=1S/C27H38N4O4/c1-4-20-8-10-21(11-9-20)26-29-24(19(3)35-26)18-30-14-6-7-22(17-30)25(32)28-23-12-15-31(16-13-23)27(33)34-5-2/h8-11,22-23H,4-7,12-18H2,1-3H3,(H,28,32)/t22-/m0/s1. The molecule has 8 nitrogen and oxygen atoms in total. The number of rotatable bonds is 7. The summed E-state index contributed by atoms with van der Waals surface area (Å²) in [7, 11) is 0. The van der Waals surface area contributed by atoms with Gasteiger partial charge in [0.25, 0.3) is 0 Å². The fourth-order valence-electron chi connectivity index (χ4n) is 4.95. The van der Waals surface area contributed by atoms with Crippen molar-refractivity contribution in [3.63, 3.8) is 0 Å². The Labute approximate surface area is 208 Å². The molecule has 4 rings (SSSR count). The van der Waals surface area contributed by atoms with E-state index in [1.165, 1.54) is 5.56 Å². The summed E-state index contributed by atoms with van der Waals surface area (Å²) in [5.41, 5.74) is 3.22. The van der Waals surface area contributed by atoms with Crippen molar-refractivity contribution in [2.24, 2.45) is 5.92 Å². The van der Waals surface area contributed by atoms with Crippen LogP contribution in [0.5, 0.6) is 0 Å². The molecule has 1 N–H and O–H groups in total. The molecular formula is C27H38N4O4. The van der Waals surface area contributed by atoms with Crippen LogP contribution >= 0.6 is 0 Å². The van der Waals surface area contributed by atoms with E-state index in [2.05, 4.69) is 41.4 Å². The van der Waals surface area contributed by atoms with Crippen LogP contribution in [0.4, 0.5) is 4.79 Å². The molecule has 0 spiro atoms. The molecule has 2 aliphatic rings. The maximum absolute atomic E-state index is 13.0. The van der Waals surface area contributed by atoms with Crippen molar-refractivity contribution in [2.75, 3.05) is 32.8 Å². The lowest BCUT2D eigenvalue weighted by molar-refractivity contribution is -0.127. The van der Waals surface area contributed by atoms with Crippen molar-refractivity contribution in [1.82, 2.24) is 20.1 Å². The molecule has 1 aromatic heterocycles. The normalized spacial score (nSPS) is 19.5. The van der Waals surface area contributed by atoms with Gasteiger partial charge in [0.15, 0.2) is 0 Å². The maximum Gasteiger partial charge on any atom is 0.409 e. The van der Waals surface area contributed by atoms with E-state index < -0.39 is 0 Å². The second-order valence-corrected chi connectivity index (χ2v) is 9.62. The smallest absolute Gasteiger partial charge is 0.409 e. The molecule has 35 heavy (non-hydrogen) atoms. The summed E-state index contributed by atoms with van der Waals surface area (Å²) in [5, 5.41) is 3.23. The molecule has 2 saturated heterocycles. The van der Waals surface area contributed by atoms with Crippen LogP contribution in [-0.4, -0.2) is 65.6 Å². The van der Waals surface area contributed by atoms with Gasteiger partial charge in [-0.2, -0.15) is 0 Å². The Morgan fingerprint density at radius 2 is 1.86 bits per heavy atom. The molecular weight excluding hydrogens is 444 g/mol. The monoisotopic (exact) mass is 482 g/mol. The lowest BCUT2D eigenvalue weighted by Crippen LogP contribution is -2.50. The Kier molecular flexibility index (Phi) is 8.44. The predicted octanol–water partition coefficient (Wildman–Crippen LogP) is 4.16. The van der Waals surface area contributed by atoms with Gasteiger partial charge in [-0.1, -0.05) is 19.1 Å². The van der Waals surface area contributed by atoms with Gasteiger partial charge < -0.3 is 19.4 Å². The minimum Gasteiger partial charge on any atom is -0.450 e. The second kappa shape index (κ2) is 11.7. The highest BCUT2D eigenvalue weighted by atomic mass is 16.6. The fraction of sp³-hybridized carbons (Fsp3) is 0.593. The predicted molar refractivity (Wildman–Crippen MR) is 134 cm³/mol. The quantitative estimate of drug-likeness (QED) is 0.638. The largest absolute Gasteiger partial charge is 0.450 e. The first-order valence-corrected chi connectivity index (χ1v) is 13.0. The summed E-state index contributed by atoms with van der Waals surface area (Å²) in [4.78, 5) is 33.7. The number of aromatic nitrogens is 1. The number of aryl methyl sites for hydroxylation is 2. The van der Waals surface area contributed by atoms with Crippen molar-refractivity contribution >= 4 is 12.0 Å². The van der Waals surface area contributed by atoms with Crippen LogP contribution < -0.4 is 5.32 Å². The van der Waals surface area contributed by atoms with Crippen LogP contribution in [0.25, 0.3) is 11.5 Å². The van der Waals surface area contributed by atoms with Crippen molar-refractivity contribution in [3.05, 3.63) is 41.3 Å². The Balaban J connectivity index is 1.29. The van der Waals surface area contributed by atoms with E-state index in [4.69, 9.17) is 14.1 Å². The average Bonchev–Trinajstić information content (AvgIpc) is 3.24. The number of oxazole rings is 1. The van der Waals surface area contributed by atoms with Gasteiger partial charge >= 0.3 is 6.09 Å². The third-order valence-electron chi connectivity index (χ3n) is 7.12. The Morgan fingerprint density at radius 1 is 1.11 bits per heavy atom. The summed E-state index contributed by atoms with van der Waals surface area (Å²) in [6.07, 6.45) is 4.16. The third kappa shape index (κ3) is 6.42. The van der Waals surface area contributed by atoms with Gasteiger partial charge in [-0.05, 0) is 70.2 Å². The number of hydrogen-bond donors (Lipinski definition) is 1. The van der Waals surface area contributed by atoms with E-state index in [-0.39, 0.29) is 24.0 Å². The second-order valence-electron chi connectivity index (χ2n) is 9.62. The van der Waals surface area contributed by atoms with E-state index in [9.17, 15) is 9.59 Å². The van der Waals surface area contributed by atoms with Crippen LogP contribution in [0.2, 0.25) is 0 Å². The van der Waals surface area contributed by atoms with Crippen molar-refractivity contribution in [1.29, 1.82) is 0 Å². The molecule has 1 atom stereocenters. The van der Waals surface area contributed by atoms with Crippen LogP contribution in [0.15, 0.2) is 28.7 Å². The molecule has 0 bridgehead atoms. The zero-order valence-electron chi connectivity index (χ0n) is 21.2. The highest BCUT2D eigenvalue weighted by Crippen LogP contribution is 2.25. The molecule has 3 heterocycles. The van der Waals surface area contributed by atoms with E-state index in [1.807, 2.05) is 13.8 Å². The third-order valence-corrected chi connectivity index (χ3v) is 7.12. The highest BCUT2D eigenvalue weighted by Gasteiger charge is 2.30. The van der Waals surface area contributed by atoms with Crippen molar-refractivity contribution < 1.29 is 18.7 Å². The van der Waals surface area contributed by atoms with Gasteiger partial charge in [0.1, 0.15) is 5.76 Å². The fourth-order valence-corrected chi connectivity index (χ4v) is 4.95. The topological polar surface area (TPSA) is 87.9 Å². The van der Waals surface area contributed by atoms with Gasteiger partial charge in [-0.3, -0.25) is 9.69 Å². The van der Waals surface area contributed by atoms with Crippen LogP contribution in [-0.2, 0) is 22.5 Å². The maximum atomic E-state index is 13.0. The van der Waals surface area contributed by atoms with Gasteiger partial charge in [-0.25, -0.2) is 9.78 Å². The summed E-state index contributed by atoms with van der Waals surface area (Å²) >= 11 is 0. The summed E-state index contributed by atoms with van der Waals surface area (Å²) < 4.78 is 11.1. The summed E-state index contributed by atoms with van der Waals surface area (Å²) in [6, 6.07) is 8.47. The minimum absolute atomic E-state index is 0.0277. The molecule has 190 valence electrons. The number of nitrogens with one attached hydrogen (secondary N) is 1. The number of piperidine rings is 2. The van der Waals surface area contributed by atoms with E-state index in [1.54, 1.807) is 4.90 Å². The number of benzene rings is 1. The molecule has 2 aliphatic heterocycles. The first kappa shape index (κ1) is 25.2. The first-order valence-electron chi connectivity index (χ1n) is 13.0. The number of hydrogen-bond acceptors (Lipinski definition) is 6. The number of nitrogens with zero attached hydrogens (tertiary/aromatic N) is 3. The number of ether oxygens (including phenoxy) is 1. The molecule has 0 radical (unpaired) electrons. The molecule has 2 aromatic rings. The average molecular weight is 483 g/mol. The Morgan fingerprint density at radius 3 is 2.54 bits per heavy atom. The summed E-state index contributed by atoms with van der Waals surface area (Å²) in [6.45, 7) is 9.90. The van der Waals surface area contributed by atoms with Crippen molar-refractivity contribution in [3.8, 4) is 11.5 Å². The summed E-state index contributed by atoms with van der Waals surface area (Å²) in [5.74, 6) is 1.58. The number of likely N-dealkylation sites (tertiary alicyclic amines) is 2. The number of carbonyl (C=O) groups is 2. The molecule has 1 aromatic carbocycles. The molecule has 0 aliphatic carbocycles. The SMILES string of the molecule is CCOC(=O)N1CCC(NC(=O)[C@H]2CCCN(Cc3nc(-c4ccc(CC)cc4)oc3C)C2)CC1. The van der Waals surface area contributed by atoms with Crippen molar-refractivity contribution in [2.45, 2.75) is 65.5 Å². The van der Waals surface area contributed by atoms with Crippen LogP contribution in [0, 0.1) is 12.8 Å². The lowest BCUT2D eigenvalue weighted by atomic mass is 9.95. The van der Waals surface area contributed by atoms with E-state index >= 15 is 0 Å². The van der Waals surface area contributed by atoms with Crippen LogP contribution in [0.1, 0.15) is 56.5 Å². The lowest BCUT2D eigenvalue weighted by Gasteiger charge is -2.35.